The summed E-state index contributed by atoms with van der Waals surface area (Å²) in [5, 5.41) is 3.06. The van der Waals surface area contributed by atoms with Gasteiger partial charge >= 0.3 is 5.97 Å². The first-order valence-electron chi connectivity index (χ1n) is 10.8. The van der Waals surface area contributed by atoms with Crippen molar-refractivity contribution in [3.05, 3.63) is 103 Å². The molecule has 1 atom stereocenters. The molecular formula is C26H24N4O4S. The van der Waals surface area contributed by atoms with Crippen molar-refractivity contribution < 1.29 is 17.9 Å². The zero-order valence-corrected chi connectivity index (χ0v) is 19.8. The molecule has 0 fully saturated rings. The first kappa shape index (κ1) is 23.9. The molecule has 35 heavy (non-hydrogen) atoms. The summed E-state index contributed by atoms with van der Waals surface area (Å²) < 4.78 is 32.6. The van der Waals surface area contributed by atoms with Crippen LogP contribution in [0.25, 0.3) is 11.3 Å². The quantitative estimate of drug-likeness (QED) is 0.341. The summed E-state index contributed by atoms with van der Waals surface area (Å²) >= 11 is 0. The van der Waals surface area contributed by atoms with Crippen LogP contribution in [0.2, 0.25) is 0 Å². The van der Waals surface area contributed by atoms with Gasteiger partial charge in [-0.3, -0.25) is 4.72 Å². The molecule has 0 unspecified atom stereocenters. The second-order valence-electron chi connectivity index (χ2n) is 7.67. The Morgan fingerprint density at radius 2 is 1.57 bits per heavy atom. The first-order chi connectivity index (χ1) is 16.9. The SMILES string of the molecule is COC(=O)[C@H](Cc1ccccc1)Nc1nccc(-c2ccc(NS(=O)(=O)c3ccccc3)cc2)n1. The van der Waals surface area contributed by atoms with Crippen LogP contribution in [-0.4, -0.2) is 37.5 Å². The fourth-order valence-electron chi connectivity index (χ4n) is 3.45. The average molecular weight is 489 g/mol. The average Bonchev–Trinajstić information content (AvgIpc) is 2.89. The summed E-state index contributed by atoms with van der Waals surface area (Å²) in [4.78, 5) is 21.3. The molecule has 0 saturated carbocycles. The maximum atomic E-state index is 12.5. The van der Waals surface area contributed by atoms with Crippen LogP contribution in [0.1, 0.15) is 5.56 Å². The van der Waals surface area contributed by atoms with Gasteiger partial charge in [0.1, 0.15) is 6.04 Å². The molecule has 4 aromatic rings. The largest absolute Gasteiger partial charge is 0.467 e. The van der Waals surface area contributed by atoms with Gasteiger partial charge in [-0.05, 0) is 35.9 Å². The number of benzene rings is 3. The van der Waals surface area contributed by atoms with Crippen LogP contribution in [0.5, 0.6) is 0 Å². The van der Waals surface area contributed by atoms with Gasteiger partial charge in [-0.15, -0.1) is 0 Å². The molecule has 0 aliphatic rings. The Bertz CT molecular complexity index is 1380. The van der Waals surface area contributed by atoms with Gasteiger partial charge in [0.15, 0.2) is 0 Å². The Kier molecular flexibility index (Phi) is 7.37. The van der Waals surface area contributed by atoms with E-state index in [1.807, 2.05) is 30.3 Å². The lowest BCUT2D eigenvalue weighted by atomic mass is 10.1. The third-order valence-electron chi connectivity index (χ3n) is 5.21. The van der Waals surface area contributed by atoms with Crippen LogP contribution in [0.15, 0.2) is 102 Å². The van der Waals surface area contributed by atoms with Gasteiger partial charge in [0.05, 0.1) is 17.7 Å². The van der Waals surface area contributed by atoms with Gasteiger partial charge in [-0.1, -0.05) is 60.7 Å². The lowest BCUT2D eigenvalue weighted by Crippen LogP contribution is -2.33. The van der Waals surface area contributed by atoms with Crippen LogP contribution in [-0.2, 0) is 26.0 Å². The Labute approximate surface area is 204 Å². The molecule has 9 heteroatoms. The van der Waals surface area contributed by atoms with Gasteiger partial charge in [0, 0.05) is 23.9 Å². The van der Waals surface area contributed by atoms with E-state index in [2.05, 4.69) is 20.0 Å². The lowest BCUT2D eigenvalue weighted by Gasteiger charge is -2.17. The molecule has 8 nitrogen and oxygen atoms in total. The number of carbonyl (C=O) groups excluding carboxylic acids is 1. The highest BCUT2D eigenvalue weighted by atomic mass is 32.2. The van der Waals surface area contributed by atoms with Crippen LogP contribution < -0.4 is 10.0 Å². The van der Waals surface area contributed by atoms with Crippen molar-refractivity contribution in [3.63, 3.8) is 0 Å². The molecule has 0 aliphatic carbocycles. The van der Waals surface area contributed by atoms with E-state index in [0.717, 1.165) is 11.1 Å². The van der Waals surface area contributed by atoms with E-state index in [9.17, 15) is 13.2 Å². The fraction of sp³-hybridized carbons (Fsp3) is 0.115. The van der Waals surface area contributed by atoms with E-state index in [4.69, 9.17) is 4.74 Å². The molecule has 1 aromatic heterocycles. The van der Waals surface area contributed by atoms with E-state index in [0.29, 0.717) is 17.8 Å². The predicted molar refractivity (Wildman–Crippen MR) is 134 cm³/mol. The smallest absolute Gasteiger partial charge is 0.328 e. The van der Waals surface area contributed by atoms with Crippen molar-refractivity contribution in [2.75, 3.05) is 17.1 Å². The predicted octanol–water partition coefficient (Wildman–Crippen LogP) is 4.14. The van der Waals surface area contributed by atoms with Crippen molar-refractivity contribution >= 4 is 27.6 Å². The minimum atomic E-state index is -3.68. The van der Waals surface area contributed by atoms with Gasteiger partial charge in [0.2, 0.25) is 5.95 Å². The standard InChI is InChI=1S/C26H24N4O4S/c1-34-25(31)24(18-19-8-4-2-5-9-19)29-26-27-17-16-23(28-26)20-12-14-21(15-13-20)30-35(32,33)22-10-6-3-7-11-22/h2-17,24,30H,18H2,1H3,(H,27,28,29)/t24-/m0/s1. The highest BCUT2D eigenvalue weighted by molar-refractivity contribution is 7.92. The lowest BCUT2D eigenvalue weighted by molar-refractivity contribution is -0.141. The molecule has 178 valence electrons. The number of carbonyl (C=O) groups is 1. The molecule has 0 saturated heterocycles. The third-order valence-corrected chi connectivity index (χ3v) is 6.61. The number of aromatic nitrogens is 2. The topological polar surface area (TPSA) is 110 Å². The van der Waals surface area contributed by atoms with Gasteiger partial charge in [0.25, 0.3) is 10.0 Å². The normalized spacial score (nSPS) is 11.9. The number of rotatable bonds is 9. The summed E-state index contributed by atoms with van der Waals surface area (Å²) in [6.45, 7) is 0. The molecular weight excluding hydrogens is 464 g/mol. The zero-order valence-electron chi connectivity index (χ0n) is 19.0. The summed E-state index contributed by atoms with van der Waals surface area (Å²) in [6.07, 6.45) is 2.00. The van der Waals surface area contributed by atoms with E-state index in [1.54, 1.807) is 54.7 Å². The monoisotopic (exact) mass is 488 g/mol. The van der Waals surface area contributed by atoms with Crippen molar-refractivity contribution in [1.82, 2.24) is 9.97 Å². The maximum absolute atomic E-state index is 12.5. The van der Waals surface area contributed by atoms with Crippen LogP contribution in [0, 0.1) is 0 Å². The number of nitrogens with one attached hydrogen (secondary N) is 2. The molecule has 4 rings (SSSR count). The van der Waals surface area contributed by atoms with Gasteiger partial charge in [-0.25, -0.2) is 23.2 Å². The van der Waals surface area contributed by atoms with Gasteiger partial charge < -0.3 is 10.1 Å². The van der Waals surface area contributed by atoms with Crippen molar-refractivity contribution in [2.24, 2.45) is 0 Å². The molecule has 0 spiro atoms. The number of sulfonamides is 1. The Hall–Kier alpha value is -4.24. The molecule has 0 radical (unpaired) electrons. The minimum absolute atomic E-state index is 0.186. The fourth-order valence-corrected chi connectivity index (χ4v) is 4.53. The number of anilines is 2. The third kappa shape index (κ3) is 6.21. The Balaban J connectivity index is 1.49. The van der Waals surface area contributed by atoms with Crippen molar-refractivity contribution in [1.29, 1.82) is 0 Å². The Morgan fingerprint density at radius 1 is 0.914 bits per heavy atom. The summed E-state index contributed by atoms with van der Waals surface area (Å²) in [5.41, 5.74) is 2.78. The summed E-state index contributed by atoms with van der Waals surface area (Å²) in [5.74, 6) is -0.138. The number of esters is 1. The zero-order chi connectivity index (χ0) is 24.7. The molecule has 2 N–H and O–H groups in total. The number of methoxy groups -OCH3 is 1. The second-order valence-corrected chi connectivity index (χ2v) is 9.35. The summed E-state index contributed by atoms with van der Waals surface area (Å²) in [7, 11) is -2.34. The van der Waals surface area contributed by atoms with Crippen LogP contribution >= 0.6 is 0 Å². The number of nitrogens with zero attached hydrogens (tertiary/aromatic N) is 2. The summed E-state index contributed by atoms with van der Waals surface area (Å²) in [6, 6.07) is 25.7. The van der Waals surface area contributed by atoms with E-state index < -0.39 is 22.0 Å². The number of hydrogen-bond acceptors (Lipinski definition) is 7. The number of hydrogen-bond donors (Lipinski definition) is 2. The Morgan fingerprint density at radius 3 is 2.23 bits per heavy atom. The van der Waals surface area contributed by atoms with E-state index >= 15 is 0 Å². The first-order valence-corrected chi connectivity index (χ1v) is 12.3. The van der Waals surface area contributed by atoms with E-state index in [1.165, 1.54) is 19.2 Å². The van der Waals surface area contributed by atoms with Crippen molar-refractivity contribution in [2.45, 2.75) is 17.4 Å². The highest BCUT2D eigenvalue weighted by Crippen LogP contribution is 2.22. The molecule has 3 aromatic carbocycles. The molecule has 1 heterocycles. The second kappa shape index (κ2) is 10.8. The minimum Gasteiger partial charge on any atom is -0.467 e. The molecule has 0 amide bonds. The highest BCUT2D eigenvalue weighted by Gasteiger charge is 2.21. The van der Waals surface area contributed by atoms with Gasteiger partial charge in [-0.2, -0.15) is 0 Å². The van der Waals surface area contributed by atoms with Crippen molar-refractivity contribution in [3.8, 4) is 11.3 Å². The molecule has 0 aliphatic heterocycles. The van der Waals surface area contributed by atoms with Crippen LogP contribution in [0.4, 0.5) is 11.6 Å². The number of ether oxygens (including phenoxy) is 1. The van der Waals surface area contributed by atoms with Crippen LogP contribution in [0.3, 0.4) is 0 Å². The van der Waals surface area contributed by atoms with E-state index in [-0.39, 0.29) is 10.8 Å². The molecule has 0 bridgehead atoms. The maximum Gasteiger partial charge on any atom is 0.328 e.